The van der Waals surface area contributed by atoms with Crippen LogP contribution in [0.1, 0.15) is 36.6 Å². The van der Waals surface area contributed by atoms with Crippen LogP contribution in [0, 0.1) is 0 Å². The van der Waals surface area contributed by atoms with Gasteiger partial charge in [-0.3, -0.25) is 0 Å². The third-order valence-corrected chi connectivity index (χ3v) is 6.87. The second kappa shape index (κ2) is 9.25. The summed E-state index contributed by atoms with van der Waals surface area (Å²) in [6.45, 7) is 4.54. The van der Waals surface area contributed by atoms with Gasteiger partial charge in [0.05, 0.1) is 17.3 Å². The maximum Gasteiger partial charge on any atom is 0.145 e. The number of nitrogens with two attached hydrogens (primary N) is 1. The molecule has 0 saturated carbocycles. The first kappa shape index (κ1) is 20.4. The Morgan fingerprint density at radius 2 is 2.23 bits per heavy atom. The van der Waals surface area contributed by atoms with Crippen LogP contribution in [0.15, 0.2) is 6.07 Å². The number of halogens is 2. The SMILES string of the molecule is COCCCN1CCC(N(I)C(O)c2cc(Cl)c(N)c3c2OCC3)CC1. The lowest BCUT2D eigenvalue weighted by molar-refractivity contribution is 0.0355. The fourth-order valence-corrected chi connectivity index (χ4v) is 4.83. The summed E-state index contributed by atoms with van der Waals surface area (Å²) in [5.41, 5.74) is 8.27. The Morgan fingerprint density at radius 1 is 1.50 bits per heavy atom. The molecule has 1 aromatic carbocycles. The number of benzene rings is 1. The lowest BCUT2D eigenvalue weighted by Gasteiger charge is -2.37. The van der Waals surface area contributed by atoms with Crippen molar-refractivity contribution in [3.63, 3.8) is 0 Å². The van der Waals surface area contributed by atoms with Crippen LogP contribution in [0.25, 0.3) is 0 Å². The fraction of sp³-hybridized carbons (Fsp3) is 0.667. The van der Waals surface area contributed by atoms with Gasteiger partial charge in [0.15, 0.2) is 0 Å². The Balaban J connectivity index is 1.64. The van der Waals surface area contributed by atoms with E-state index in [9.17, 15) is 5.11 Å². The van der Waals surface area contributed by atoms with Gasteiger partial charge in [0, 0.05) is 66.7 Å². The van der Waals surface area contributed by atoms with Gasteiger partial charge in [0.25, 0.3) is 0 Å². The molecule has 0 aromatic heterocycles. The number of aliphatic hydroxyl groups is 1. The van der Waals surface area contributed by atoms with E-state index >= 15 is 0 Å². The summed E-state index contributed by atoms with van der Waals surface area (Å²) in [6, 6.07) is 2.06. The first-order valence-electron chi connectivity index (χ1n) is 9.10. The molecule has 3 N–H and O–H groups in total. The van der Waals surface area contributed by atoms with E-state index in [0.717, 1.165) is 57.5 Å². The number of aliphatic hydroxyl groups excluding tert-OH is 1. The third kappa shape index (κ3) is 4.39. The molecule has 6 nitrogen and oxygen atoms in total. The van der Waals surface area contributed by atoms with Gasteiger partial charge < -0.3 is 25.2 Å². The molecule has 1 aromatic rings. The normalized spacial score (nSPS) is 19.6. The molecule has 2 aliphatic rings. The number of ether oxygens (including phenoxy) is 2. The minimum atomic E-state index is -0.759. The highest BCUT2D eigenvalue weighted by Crippen LogP contribution is 2.43. The van der Waals surface area contributed by atoms with Crippen LogP contribution in [0.4, 0.5) is 5.69 Å². The minimum Gasteiger partial charge on any atom is -0.492 e. The number of methoxy groups -OCH3 is 1. The predicted molar refractivity (Wildman–Crippen MR) is 112 cm³/mol. The van der Waals surface area contributed by atoms with Crippen molar-refractivity contribution in [2.24, 2.45) is 0 Å². The van der Waals surface area contributed by atoms with Crippen LogP contribution in [0.5, 0.6) is 5.75 Å². The zero-order valence-electron chi connectivity index (χ0n) is 15.1. The first-order valence-corrected chi connectivity index (χ1v) is 10.4. The van der Waals surface area contributed by atoms with E-state index in [0.29, 0.717) is 34.7 Å². The summed E-state index contributed by atoms with van der Waals surface area (Å²) in [6.07, 6.45) is 3.09. The second-order valence-corrected chi connectivity index (χ2v) is 8.43. The average Bonchev–Trinajstić information content (AvgIpc) is 3.14. The molecule has 0 aliphatic carbocycles. The van der Waals surface area contributed by atoms with Crippen LogP contribution in [0.3, 0.4) is 0 Å². The van der Waals surface area contributed by atoms with Crippen molar-refractivity contribution in [1.29, 1.82) is 0 Å². The van der Waals surface area contributed by atoms with Gasteiger partial charge in [-0.15, -0.1) is 0 Å². The van der Waals surface area contributed by atoms with E-state index in [1.165, 1.54) is 0 Å². The lowest BCUT2D eigenvalue weighted by atomic mass is 10.0. The Labute approximate surface area is 174 Å². The highest BCUT2D eigenvalue weighted by Gasteiger charge is 2.32. The van der Waals surface area contributed by atoms with Crippen LogP contribution >= 0.6 is 34.5 Å². The number of hydrogen-bond donors (Lipinski definition) is 2. The van der Waals surface area contributed by atoms with Gasteiger partial charge >= 0.3 is 0 Å². The van der Waals surface area contributed by atoms with Gasteiger partial charge in [0.1, 0.15) is 12.0 Å². The summed E-state index contributed by atoms with van der Waals surface area (Å²) >= 11 is 8.51. The Kier molecular flexibility index (Phi) is 7.26. The van der Waals surface area contributed by atoms with E-state index in [1.54, 1.807) is 13.2 Å². The van der Waals surface area contributed by atoms with E-state index in [-0.39, 0.29) is 0 Å². The monoisotopic (exact) mass is 495 g/mol. The molecule has 8 heteroatoms. The number of nitrogen functional groups attached to an aromatic ring is 1. The molecular weight excluding hydrogens is 469 g/mol. The minimum absolute atomic E-state index is 0.317. The highest BCUT2D eigenvalue weighted by molar-refractivity contribution is 14.1. The van der Waals surface area contributed by atoms with Gasteiger partial charge in [-0.25, -0.2) is 3.11 Å². The second-order valence-electron chi connectivity index (χ2n) is 6.90. The molecule has 0 bridgehead atoms. The molecule has 26 heavy (non-hydrogen) atoms. The van der Waals surface area contributed by atoms with E-state index in [2.05, 4.69) is 27.8 Å². The molecular formula is C18H27ClIN3O3. The van der Waals surface area contributed by atoms with Gasteiger partial charge in [0.2, 0.25) is 0 Å². The topological polar surface area (TPSA) is 71.2 Å². The molecule has 1 unspecified atom stereocenters. The maximum atomic E-state index is 11.0. The number of rotatable bonds is 7. The molecule has 0 spiro atoms. The highest BCUT2D eigenvalue weighted by atomic mass is 127. The zero-order valence-corrected chi connectivity index (χ0v) is 18.0. The fourth-order valence-electron chi connectivity index (χ4n) is 3.74. The van der Waals surface area contributed by atoms with Crippen LogP contribution < -0.4 is 10.5 Å². The standard InChI is InChI=1S/C18H27ClIN3O3/c1-25-9-2-6-22-7-3-12(4-8-22)23(20)18(24)14-11-15(19)16(21)13-5-10-26-17(13)14/h11-12,18,24H,2-10,21H2,1H3. The number of hydrogen-bond acceptors (Lipinski definition) is 6. The van der Waals surface area contributed by atoms with E-state index < -0.39 is 6.23 Å². The van der Waals surface area contributed by atoms with Crippen LogP contribution in [-0.4, -0.2) is 59.1 Å². The maximum absolute atomic E-state index is 11.0. The molecule has 1 fully saturated rings. The number of likely N-dealkylation sites (tertiary alicyclic amines) is 1. The first-order chi connectivity index (χ1) is 12.5. The van der Waals surface area contributed by atoms with Crippen molar-refractivity contribution in [2.45, 2.75) is 38.0 Å². The van der Waals surface area contributed by atoms with Gasteiger partial charge in [-0.05, 0) is 38.4 Å². The quantitative estimate of drug-likeness (QED) is 0.199. The number of anilines is 1. The summed E-state index contributed by atoms with van der Waals surface area (Å²) in [5.74, 6) is 0.707. The van der Waals surface area contributed by atoms with Crippen LogP contribution in [0.2, 0.25) is 5.02 Å². The zero-order chi connectivity index (χ0) is 18.7. The molecule has 0 amide bonds. The Morgan fingerprint density at radius 3 is 2.92 bits per heavy atom. The average molecular weight is 496 g/mol. The molecule has 3 rings (SSSR count). The Bertz CT molecular complexity index is 626. The molecule has 2 aliphatic heterocycles. The summed E-state index contributed by atoms with van der Waals surface area (Å²) in [5, 5.41) is 11.5. The number of piperidine rings is 1. The molecule has 2 heterocycles. The lowest BCUT2D eigenvalue weighted by Crippen LogP contribution is -2.42. The number of nitrogens with zero attached hydrogens (tertiary/aromatic N) is 2. The van der Waals surface area contributed by atoms with Crippen molar-refractivity contribution >= 4 is 40.2 Å². The third-order valence-electron chi connectivity index (χ3n) is 5.24. The van der Waals surface area contributed by atoms with Crippen molar-refractivity contribution < 1.29 is 14.6 Å². The Hall–Kier alpha value is -0.320. The van der Waals surface area contributed by atoms with Crippen molar-refractivity contribution in [3.8, 4) is 5.75 Å². The smallest absolute Gasteiger partial charge is 0.145 e. The predicted octanol–water partition coefficient (Wildman–Crippen LogP) is 3.00. The summed E-state index contributed by atoms with van der Waals surface area (Å²) in [7, 11) is 1.74. The largest absolute Gasteiger partial charge is 0.492 e. The van der Waals surface area contributed by atoms with Crippen molar-refractivity contribution in [1.82, 2.24) is 8.01 Å². The summed E-state index contributed by atoms with van der Waals surface area (Å²) < 4.78 is 12.9. The molecule has 1 saturated heterocycles. The van der Waals surface area contributed by atoms with E-state index in [4.69, 9.17) is 26.8 Å². The van der Waals surface area contributed by atoms with Crippen molar-refractivity contribution in [2.75, 3.05) is 45.7 Å². The van der Waals surface area contributed by atoms with Crippen molar-refractivity contribution in [3.05, 3.63) is 22.2 Å². The molecule has 146 valence electrons. The molecule has 1 atom stereocenters. The van der Waals surface area contributed by atoms with Gasteiger partial charge in [-0.1, -0.05) is 11.6 Å². The van der Waals surface area contributed by atoms with Crippen LogP contribution in [-0.2, 0) is 11.2 Å². The van der Waals surface area contributed by atoms with E-state index in [1.807, 2.05) is 3.11 Å². The molecule has 0 radical (unpaired) electrons. The summed E-state index contributed by atoms with van der Waals surface area (Å²) in [4.78, 5) is 2.47. The number of fused-ring (bicyclic) bond motifs is 1. The van der Waals surface area contributed by atoms with Gasteiger partial charge in [-0.2, -0.15) is 0 Å².